The number of carbonyl (C=O) groups excluding carboxylic acids is 1. The van der Waals surface area contributed by atoms with E-state index in [2.05, 4.69) is 9.84 Å². The second-order valence-corrected chi connectivity index (χ2v) is 5.56. The van der Waals surface area contributed by atoms with Crippen LogP contribution in [0.2, 0.25) is 5.02 Å². The number of esters is 1. The Labute approximate surface area is 133 Å². The Morgan fingerprint density at radius 3 is 2.59 bits per heavy atom. The normalized spacial score (nSPS) is 10.8. The third-order valence-electron chi connectivity index (χ3n) is 3.24. The highest BCUT2D eigenvalue weighted by molar-refractivity contribution is 6.33. The van der Waals surface area contributed by atoms with E-state index in [1.54, 1.807) is 6.07 Å². The molecule has 0 amide bonds. The van der Waals surface area contributed by atoms with Crippen LogP contribution < -0.4 is 5.56 Å². The summed E-state index contributed by atoms with van der Waals surface area (Å²) < 4.78 is 5.70. The van der Waals surface area contributed by atoms with Crippen LogP contribution in [-0.2, 0) is 16.1 Å². The second kappa shape index (κ2) is 6.75. The topological polar surface area (TPSA) is 61.2 Å². The number of aromatic nitrogens is 2. The third kappa shape index (κ3) is 3.36. The molecule has 1 aromatic carbocycles. The molecule has 0 aliphatic carbocycles. The molecule has 5 nitrogen and oxygen atoms in total. The van der Waals surface area contributed by atoms with Gasteiger partial charge in [-0.1, -0.05) is 43.6 Å². The van der Waals surface area contributed by atoms with Gasteiger partial charge >= 0.3 is 5.97 Å². The molecule has 0 N–H and O–H groups in total. The number of rotatable bonds is 4. The molecule has 6 heteroatoms. The molecule has 0 bridgehead atoms. The molecule has 2 aromatic rings. The Balaban J connectivity index is 2.61. The summed E-state index contributed by atoms with van der Waals surface area (Å²) in [6.45, 7) is 3.73. The van der Waals surface area contributed by atoms with Crippen molar-refractivity contribution in [2.75, 3.05) is 7.11 Å². The number of ether oxygens (including phenoxy) is 1. The molecular weight excluding hydrogens is 304 g/mol. The van der Waals surface area contributed by atoms with Crippen molar-refractivity contribution in [3.8, 4) is 11.1 Å². The van der Waals surface area contributed by atoms with Crippen molar-refractivity contribution in [2.24, 2.45) is 0 Å². The van der Waals surface area contributed by atoms with E-state index in [4.69, 9.17) is 11.6 Å². The van der Waals surface area contributed by atoms with Crippen molar-refractivity contribution in [1.82, 2.24) is 9.78 Å². The van der Waals surface area contributed by atoms with E-state index in [0.29, 0.717) is 16.3 Å². The maximum Gasteiger partial charge on any atom is 0.327 e. The maximum atomic E-state index is 12.2. The van der Waals surface area contributed by atoms with E-state index in [9.17, 15) is 9.59 Å². The molecule has 22 heavy (non-hydrogen) atoms. The van der Waals surface area contributed by atoms with Crippen LogP contribution in [0.3, 0.4) is 0 Å². The standard InChI is InChI=1S/C16H17ClN2O3/c1-10(2)16-12(11-6-4-5-7-13(11)17)8-14(20)19(18-16)9-15(21)22-3/h4-8,10H,9H2,1-3H3. The van der Waals surface area contributed by atoms with E-state index < -0.39 is 5.97 Å². The van der Waals surface area contributed by atoms with Crippen molar-refractivity contribution < 1.29 is 9.53 Å². The largest absolute Gasteiger partial charge is 0.468 e. The van der Waals surface area contributed by atoms with Gasteiger partial charge in [-0.3, -0.25) is 9.59 Å². The van der Waals surface area contributed by atoms with Gasteiger partial charge < -0.3 is 4.74 Å². The lowest BCUT2D eigenvalue weighted by Gasteiger charge is -2.15. The predicted octanol–water partition coefficient (Wildman–Crippen LogP) is 2.86. The van der Waals surface area contributed by atoms with Crippen LogP contribution in [0.15, 0.2) is 35.1 Å². The average molecular weight is 321 g/mol. The summed E-state index contributed by atoms with van der Waals surface area (Å²) in [5.41, 5.74) is 1.77. The van der Waals surface area contributed by atoms with Crippen LogP contribution in [-0.4, -0.2) is 22.9 Å². The van der Waals surface area contributed by atoms with Crippen molar-refractivity contribution in [1.29, 1.82) is 0 Å². The van der Waals surface area contributed by atoms with Gasteiger partial charge in [0.1, 0.15) is 6.54 Å². The monoisotopic (exact) mass is 320 g/mol. The highest BCUT2D eigenvalue weighted by Crippen LogP contribution is 2.31. The zero-order valence-corrected chi connectivity index (χ0v) is 13.4. The predicted molar refractivity (Wildman–Crippen MR) is 85.0 cm³/mol. The fraction of sp³-hybridized carbons (Fsp3) is 0.312. The minimum atomic E-state index is -0.519. The van der Waals surface area contributed by atoms with E-state index in [0.717, 1.165) is 10.2 Å². The Kier molecular flexibility index (Phi) is 4.98. The van der Waals surface area contributed by atoms with Gasteiger partial charge in [0.05, 0.1) is 12.8 Å². The zero-order chi connectivity index (χ0) is 16.3. The molecule has 2 rings (SSSR count). The first-order chi connectivity index (χ1) is 10.4. The van der Waals surface area contributed by atoms with E-state index in [-0.39, 0.29) is 18.0 Å². The molecular formula is C16H17ClN2O3. The molecule has 0 saturated carbocycles. The molecule has 0 aliphatic heterocycles. The van der Waals surface area contributed by atoms with Crippen molar-refractivity contribution >= 4 is 17.6 Å². The van der Waals surface area contributed by atoms with Gasteiger partial charge in [0.15, 0.2) is 0 Å². The minimum absolute atomic E-state index is 0.0655. The number of hydrogen-bond donors (Lipinski definition) is 0. The third-order valence-corrected chi connectivity index (χ3v) is 3.57. The highest BCUT2D eigenvalue weighted by atomic mass is 35.5. The Hall–Kier alpha value is -2.14. The van der Waals surface area contributed by atoms with Gasteiger partial charge in [-0.05, 0) is 12.0 Å². The summed E-state index contributed by atoms with van der Waals surface area (Å²) in [5.74, 6) is -0.453. The summed E-state index contributed by atoms with van der Waals surface area (Å²) in [6.07, 6.45) is 0. The second-order valence-electron chi connectivity index (χ2n) is 5.15. The SMILES string of the molecule is COC(=O)Cn1nc(C(C)C)c(-c2ccccc2Cl)cc1=O. The van der Waals surface area contributed by atoms with Gasteiger partial charge in [0, 0.05) is 22.2 Å². The average Bonchev–Trinajstić information content (AvgIpc) is 2.49. The first kappa shape index (κ1) is 16.2. The Morgan fingerprint density at radius 1 is 1.32 bits per heavy atom. The minimum Gasteiger partial charge on any atom is -0.468 e. The summed E-state index contributed by atoms with van der Waals surface area (Å²) in [5, 5.41) is 4.87. The van der Waals surface area contributed by atoms with Gasteiger partial charge in [-0.2, -0.15) is 5.10 Å². The van der Waals surface area contributed by atoms with Crippen LogP contribution in [0, 0.1) is 0 Å². The first-order valence-electron chi connectivity index (χ1n) is 6.87. The van der Waals surface area contributed by atoms with Crippen LogP contribution in [0.1, 0.15) is 25.5 Å². The molecule has 0 saturated heterocycles. The van der Waals surface area contributed by atoms with Gasteiger partial charge in [-0.25, -0.2) is 4.68 Å². The summed E-state index contributed by atoms with van der Waals surface area (Å²) in [4.78, 5) is 23.6. The molecule has 1 aromatic heterocycles. The molecule has 0 aliphatic rings. The number of nitrogens with zero attached hydrogens (tertiary/aromatic N) is 2. The number of halogens is 1. The quantitative estimate of drug-likeness (QED) is 0.813. The van der Waals surface area contributed by atoms with Gasteiger partial charge in [0.25, 0.3) is 5.56 Å². The van der Waals surface area contributed by atoms with E-state index >= 15 is 0 Å². The molecule has 0 radical (unpaired) electrons. The van der Waals surface area contributed by atoms with Gasteiger partial charge in [0.2, 0.25) is 0 Å². The molecule has 0 atom stereocenters. The fourth-order valence-electron chi connectivity index (χ4n) is 2.13. The van der Waals surface area contributed by atoms with Gasteiger partial charge in [-0.15, -0.1) is 0 Å². The first-order valence-corrected chi connectivity index (χ1v) is 7.25. The fourth-order valence-corrected chi connectivity index (χ4v) is 2.36. The summed E-state index contributed by atoms with van der Waals surface area (Å²) in [6, 6.07) is 8.75. The molecule has 0 spiro atoms. The number of methoxy groups -OCH3 is 1. The van der Waals surface area contributed by atoms with E-state index in [1.807, 2.05) is 32.0 Å². The Bertz CT molecular complexity index is 753. The smallest absolute Gasteiger partial charge is 0.327 e. The number of benzene rings is 1. The molecule has 0 unspecified atom stereocenters. The summed E-state index contributed by atoms with van der Waals surface area (Å²) in [7, 11) is 1.27. The molecule has 1 heterocycles. The van der Waals surface area contributed by atoms with Crippen LogP contribution in [0.25, 0.3) is 11.1 Å². The van der Waals surface area contributed by atoms with Crippen molar-refractivity contribution in [3.05, 3.63) is 51.4 Å². The van der Waals surface area contributed by atoms with Crippen molar-refractivity contribution in [3.63, 3.8) is 0 Å². The van der Waals surface area contributed by atoms with Crippen LogP contribution in [0.5, 0.6) is 0 Å². The number of carbonyl (C=O) groups is 1. The zero-order valence-electron chi connectivity index (χ0n) is 12.7. The van der Waals surface area contributed by atoms with Crippen molar-refractivity contribution in [2.45, 2.75) is 26.3 Å². The van der Waals surface area contributed by atoms with Crippen LogP contribution in [0.4, 0.5) is 0 Å². The molecule has 0 fully saturated rings. The summed E-state index contributed by atoms with van der Waals surface area (Å²) >= 11 is 6.22. The lowest BCUT2D eigenvalue weighted by molar-refractivity contribution is -0.141. The Morgan fingerprint density at radius 2 is 2.00 bits per heavy atom. The highest BCUT2D eigenvalue weighted by Gasteiger charge is 2.17. The lowest BCUT2D eigenvalue weighted by atomic mass is 9.98. The van der Waals surface area contributed by atoms with E-state index in [1.165, 1.54) is 13.2 Å². The number of hydrogen-bond acceptors (Lipinski definition) is 4. The maximum absolute atomic E-state index is 12.2. The molecule has 116 valence electrons. The lowest BCUT2D eigenvalue weighted by Crippen LogP contribution is -2.28. The van der Waals surface area contributed by atoms with Crippen LogP contribution >= 0.6 is 11.6 Å².